The van der Waals surface area contributed by atoms with Gasteiger partial charge in [-0.15, -0.1) is 0 Å². The first-order chi connectivity index (χ1) is 13.5. The summed E-state index contributed by atoms with van der Waals surface area (Å²) in [5.41, 5.74) is 2.20. The van der Waals surface area contributed by atoms with Crippen LogP contribution in [0.1, 0.15) is 25.3 Å². The van der Waals surface area contributed by atoms with E-state index in [-0.39, 0.29) is 23.6 Å². The number of carbonyl (C=O) groups is 3. The van der Waals surface area contributed by atoms with E-state index in [0.29, 0.717) is 11.4 Å². The zero-order valence-electron chi connectivity index (χ0n) is 15.6. The Balaban J connectivity index is 1.47. The summed E-state index contributed by atoms with van der Waals surface area (Å²) in [6.07, 6.45) is 4.99. The number of hydrogen-bond acceptors (Lipinski definition) is 3. The predicted molar refractivity (Wildman–Crippen MR) is 110 cm³/mol. The van der Waals surface area contributed by atoms with E-state index in [0.717, 1.165) is 18.4 Å². The van der Waals surface area contributed by atoms with Crippen molar-refractivity contribution >= 4 is 35.2 Å². The molecule has 1 aliphatic carbocycles. The molecule has 0 spiro atoms. The van der Waals surface area contributed by atoms with Crippen molar-refractivity contribution in [2.75, 3.05) is 10.6 Å². The maximum Gasteiger partial charge on any atom is 0.246 e. The first-order valence-corrected chi connectivity index (χ1v) is 9.26. The molecule has 1 aliphatic rings. The molecule has 0 radical (unpaired) electrons. The predicted octanol–water partition coefficient (Wildman–Crippen LogP) is 3.19. The van der Waals surface area contributed by atoms with Gasteiger partial charge in [0.15, 0.2) is 0 Å². The van der Waals surface area contributed by atoms with Gasteiger partial charge in [0, 0.05) is 23.4 Å². The molecule has 0 bridgehead atoms. The lowest BCUT2D eigenvalue weighted by molar-refractivity contribution is -0.123. The van der Waals surface area contributed by atoms with Gasteiger partial charge >= 0.3 is 0 Å². The van der Waals surface area contributed by atoms with Crippen LogP contribution in [0.3, 0.4) is 0 Å². The van der Waals surface area contributed by atoms with Crippen molar-refractivity contribution in [3.63, 3.8) is 0 Å². The molecule has 0 aliphatic heterocycles. The normalized spacial score (nSPS) is 14.3. The fourth-order valence-electron chi connectivity index (χ4n) is 2.54. The molecular formula is C22H23N3O3. The van der Waals surface area contributed by atoms with Gasteiger partial charge in [0.2, 0.25) is 17.7 Å². The molecule has 2 aromatic carbocycles. The van der Waals surface area contributed by atoms with Gasteiger partial charge in [-0.05, 0) is 55.7 Å². The van der Waals surface area contributed by atoms with Crippen molar-refractivity contribution < 1.29 is 14.4 Å². The van der Waals surface area contributed by atoms with Gasteiger partial charge in [-0.3, -0.25) is 14.4 Å². The van der Waals surface area contributed by atoms with E-state index in [1.54, 1.807) is 37.3 Å². The van der Waals surface area contributed by atoms with E-state index in [1.807, 2.05) is 30.3 Å². The molecule has 0 saturated heterocycles. The minimum Gasteiger partial charge on any atom is -0.341 e. The highest BCUT2D eigenvalue weighted by molar-refractivity contribution is 6.00. The molecular weight excluding hydrogens is 354 g/mol. The van der Waals surface area contributed by atoms with Crippen molar-refractivity contribution in [2.24, 2.45) is 5.92 Å². The fourth-order valence-corrected chi connectivity index (χ4v) is 2.54. The summed E-state index contributed by atoms with van der Waals surface area (Å²) < 4.78 is 0. The molecule has 1 unspecified atom stereocenters. The third-order valence-corrected chi connectivity index (χ3v) is 4.35. The van der Waals surface area contributed by atoms with Crippen molar-refractivity contribution in [1.29, 1.82) is 0 Å². The second-order valence-electron chi connectivity index (χ2n) is 6.80. The van der Waals surface area contributed by atoms with Gasteiger partial charge in [0.25, 0.3) is 0 Å². The number of nitrogens with one attached hydrogen (secondary N) is 3. The molecule has 3 amide bonds. The number of hydrogen-bond donors (Lipinski definition) is 3. The SMILES string of the molecule is CC(NC(=O)/C=C/c1ccccc1)C(=O)Nc1ccc(NC(=O)C2CC2)cc1. The molecule has 6 heteroatoms. The van der Waals surface area contributed by atoms with Gasteiger partial charge in [-0.25, -0.2) is 0 Å². The Kier molecular flexibility index (Phi) is 6.22. The Labute approximate surface area is 164 Å². The summed E-state index contributed by atoms with van der Waals surface area (Å²) in [4.78, 5) is 36.0. The summed E-state index contributed by atoms with van der Waals surface area (Å²) in [5, 5.41) is 8.22. The standard InChI is InChI=1S/C22H23N3O3/c1-15(23-20(26)14-7-16-5-3-2-4-6-16)21(27)24-18-10-12-19(13-11-18)25-22(28)17-8-9-17/h2-7,10-15,17H,8-9H2,1H3,(H,23,26)(H,24,27)(H,25,28)/b14-7+. The van der Waals surface area contributed by atoms with Crippen LogP contribution in [0, 0.1) is 5.92 Å². The van der Waals surface area contributed by atoms with Crippen molar-refractivity contribution in [3.05, 3.63) is 66.2 Å². The van der Waals surface area contributed by atoms with Gasteiger partial charge in [0.05, 0.1) is 0 Å². The largest absolute Gasteiger partial charge is 0.341 e. The van der Waals surface area contributed by atoms with E-state index in [1.165, 1.54) is 6.08 Å². The lowest BCUT2D eigenvalue weighted by Crippen LogP contribution is -2.40. The summed E-state index contributed by atoms with van der Waals surface area (Å²) >= 11 is 0. The maximum atomic E-state index is 12.3. The van der Waals surface area contributed by atoms with Crippen LogP contribution in [0.15, 0.2) is 60.7 Å². The van der Waals surface area contributed by atoms with Crippen LogP contribution in [-0.2, 0) is 14.4 Å². The van der Waals surface area contributed by atoms with E-state index >= 15 is 0 Å². The zero-order valence-corrected chi connectivity index (χ0v) is 15.6. The topological polar surface area (TPSA) is 87.3 Å². The highest BCUT2D eigenvalue weighted by Gasteiger charge is 2.29. The first kappa shape index (κ1) is 19.4. The Bertz CT molecular complexity index is 872. The number of benzene rings is 2. The summed E-state index contributed by atoms with van der Waals surface area (Å²) in [6, 6.07) is 15.7. The molecule has 2 aromatic rings. The third-order valence-electron chi connectivity index (χ3n) is 4.35. The lowest BCUT2D eigenvalue weighted by atomic mass is 10.2. The van der Waals surface area contributed by atoms with Crippen LogP contribution in [0.2, 0.25) is 0 Å². The molecule has 1 atom stereocenters. The monoisotopic (exact) mass is 377 g/mol. The van der Waals surface area contributed by atoms with E-state index in [9.17, 15) is 14.4 Å². The molecule has 1 saturated carbocycles. The average molecular weight is 377 g/mol. The molecule has 28 heavy (non-hydrogen) atoms. The van der Waals surface area contributed by atoms with Crippen LogP contribution >= 0.6 is 0 Å². The Morgan fingerprint density at radius 2 is 1.54 bits per heavy atom. The Hall–Kier alpha value is -3.41. The number of amides is 3. The van der Waals surface area contributed by atoms with Crippen molar-refractivity contribution in [1.82, 2.24) is 5.32 Å². The lowest BCUT2D eigenvalue weighted by Gasteiger charge is -2.13. The third kappa shape index (κ3) is 5.81. The van der Waals surface area contributed by atoms with Crippen LogP contribution in [0.4, 0.5) is 11.4 Å². The minimum absolute atomic E-state index is 0.0386. The summed E-state index contributed by atoms with van der Waals surface area (Å²) in [7, 11) is 0. The van der Waals surface area contributed by atoms with E-state index < -0.39 is 6.04 Å². The fraction of sp³-hybridized carbons (Fsp3) is 0.227. The highest BCUT2D eigenvalue weighted by atomic mass is 16.2. The molecule has 3 N–H and O–H groups in total. The second kappa shape index (κ2) is 8.99. The van der Waals surface area contributed by atoms with Gasteiger partial charge in [-0.2, -0.15) is 0 Å². The van der Waals surface area contributed by atoms with Crippen LogP contribution < -0.4 is 16.0 Å². The van der Waals surface area contributed by atoms with Crippen molar-refractivity contribution in [2.45, 2.75) is 25.8 Å². The molecule has 0 heterocycles. The molecule has 6 nitrogen and oxygen atoms in total. The molecule has 144 valence electrons. The average Bonchev–Trinajstić information content (AvgIpc) is 3.54. The van der Waals surface area contributed by atoms with Crippen LogP contribution in [0.5, 0.6) is 0 Å². The zero-order chi connectivity index (χ0) is 19.9. The van der Waals surface area contributed by atoms with Crippen LogP contribution in [0.25, 0.3) is 6.08 Å². The quantitative estimate of drug-likeness (QED) is 0.648. The number of anilines is 2. The van der Waals surface area contributed by atoms with Gasteiger partial charge in [0.1, 0.15) is 6.04 Å². The van der Waals surface area contributed by atoms with Gasteiger partial charge in [-0.1, -0.05) is 30.3 Å². The smallest absolute Gasteiger partial charge is 0.246 e. The number of carbonyl (C=O) groups excluding carboxylic acids is 3. The van der Waals surface area contributed by atoms with E-state index in [4.69, 9.17) is 0 Å². The first-order valence-electron chi connectivity index (χ1n) is 9.26. The summed E-state index contributed by atoms with van der Waals surface area (Å²) in [5.74, 6) is -0.489. The molecule has 3 rings (SSSR count). The Morgan fingerprint density at radius 1 is 0.929 bits per heavy atom. The van der Waals surface area contributed by atoms with E-state index in [2.05, 4.69) is 16.0 Å². The minimum atomic E-state index is -0.692. The maximum absolute atomic E-state index is 12.3. The van der Waals surface area contributed by atoms with Gasteiger partial charge < -0.3 is 16.0 Å². The number of rotatable bonds is 7. The Morgan fingerprint density at radius 3 is 2.14 bits per heavy atom. The highest BCUT2D eigenvalue weighted by Crippen LogP contribution is 2.30. The molecule has 0 aromatic heterocycles. The van der Waals surface area contributed by atoms with Crippen molar-refractivity contribution in [3.8, 4) is 0 Å². The second-order valence-corrected chi connectivity index (χ2v) is 6.80. The summed E-state index contributed by atoms with van der Waals surface area (Å²) in [6.45, 7) is 1.62. The van der Waals surface area contributed by atoms with Crippen LogP contribution in [-0.4, -0.2) is 23.8 Å². The molecule has 1 fully saturated rings.